The highest BCUT2D eigenvalue weighted by molar-refractivity contribution is 6.30. The van der Waals surface area contributed by atoms with E-state index in [1.807, 2.05) is 17.0 Å². The van der Waals surface area contributed by atoms with Crippen molar-refractivity contribution in [2.75, 3.05) is 48.3 Å². The Morgan fingerprint density at radius 2 is 1.89 bits per heavy atom. The van der Waals surface area contributed by atoms with Crippen molar-refractivity contribution in [1.82, 2.24) is 14.9 Å². The second kappa shape index (κ2) is 7.63. The Labute approximate surface area is 168 Å². The monoisotopic (exact) mass is 400 g/mol. The lowest BCUT2D eigenvalue weighted by atomic mass is 10.2. The van der Waals surface area contributed by atoms with Crippen LogP contribution in [0.5, 0.6) is 0 Å². The van der Waals surface area contributed by atoms with Gasteiger partial charge >= 0.3 is 0 Å². The van der Waals surface area contributed by atoms with Gasteiger partial charge in [0.1, 0.15) is 24.0 Å². The van der Waals surface area contributed by atoms with E-state index in [0.717, 1.165) is 5.69 Å². The molecule has 2 aliphatic rings. The number of nitrogens with zero attached hydrogens (tertiary/aromatic N) is 5. The fourth-order valence-corrected chi connectivity index (χ4v) is 3.55. The van der Waals surface area contributed by atoms with Crippen LogP contribution in [0.2, 0.25) is 5.02 Å². The Hall–Kier alpha value is -2.87. The third kappa shape index (κ3) is 3.73. The predicted molar refractivity (Wildman–Crippen MR) is 108 cm³/mol. The summed E-state index contributed by atoms with van der Waals surface area (Å²) in [6, 6.07) is 8.67. The molecule has 1 aromatic heterocycles. The van der Waals surface area contributed by atoms with Crippen LogP contribution in [-0.2, 0) is 9.59 Å². The molecule has 1 unspecified atom stereocenters. The molecule has 0 saturated carbocycles. The maximum Gasteiger partial charge on any atom is 0.249 e. The zero-order valence-corrected chi connectivity index (χ0v) is 16.3. The van der Waals surface area contributed by atoms with Gasteiger partial charge in [-0.15, -0.1) is 0 Å². The summed E-state index contributed by atoms with van der Waals surface area (Å²) in [6.45, 7) is 2.29. The van der Waals surface area contributed by atoms with Gasteiger partial charge in [0.05, 0.1) is 6.54 Å². The van der Waals surface area contributed by atoms with Gasteiger partial charge in [0, 0.05) is 43.5 Å². The van der Waals surface area contributed by atoms with Gasteiger partial charge in [-0.05, 0) is 30.7 Å². The first-order valence-electron chi connectivity index (χ1n) is 9.16. The van der Waals surface area contributed by atoms with E-state index in [-0.39, 0.29) is 17.9 Å². The van der Waals surface area contributed by atoms with Crippen LogP contribution in [0.3, 0.4) is 0 Å². The predicted octanol–water partition coefficient (Wildman–Crippen LogP) is 1.63. The fourth-order valence-electron chi connectivity index (χ4n) is 3.42. The summed E-state index contributed by atoms with van der Waals surface area (Å²) in [6.07, 6.45) is 2.13. The van der Waals surface area contributed by atoms with E-state index in [1.54, 1.807) is 35.0 Å². The van der Waals surface area contributed by atoms with E-state index in [4.69, 9.17) is 11.6 Å². The first kappa shape index (κ1) is 18.5. The van der Waals surface area contributed by atoms with Crippen LogP contribution in [0.1, 0.15) is 6.42 Å². The van der Waals surface area contributed by atoms with E-state index in [0.29, 0.717) is 49.3 Å². The van der Waals surface area contributed by atoms with Gasteiger partial charge in [-0.1, -0.05) is 11.6 Å². The number of carbonyl (C=O) groups is 2. The molecule has 0 aliphatic carbocycles. The third-order valence-electron chi connectivity index (χ3n) is 5.10. The quantitative estimate of drug-likeness (QED) is 0.840. The molecule has 0 bridgehead atoms. The standard InChI is InChI=1S/C19H21ClN6O2/c1-24-8-9-25(11-18(24)27)17-10-16(21-12-22-17)23-15-6-7-26(19(15)28)14-4-2-13(20)3-5-14/h2-5,10,12,15H,6-9,11H2,1H3,(H,21,22,23). The zero-order chi connectivity index (χ0) is 19.7. The average Bonchev–Trinajstić information content (AvgIpc) is 3.05. The number of benzene rings is 1. The summed E-state index contributed by atoms with van der Waals surface area (Å²) >= 11 is 5.93. The highest BCUT2D eigenvalue weighted by Crippen LogP contribution is 2.25. The minimum absolute atomic E-state index is 0.00254. The van der Waals surface area contributed by atoms with Crippen molar-refractivity contribution >= 4 is 40.7 Å². The topological polar surface area (TPSA) is 81.7 Å². The molecule has 2 aromatic rings. The van der Waals surface area contributed by atoms with Crippen molar-refractivity contribution in [2.24, 2.45) is 0 Å². The van der Waals surface area contributed by atoms with Crippen LogP contribution < -0.4 is 15.1 Å². The first-order valence-corrected chi connectivity index (χ1v) is 9.53. The van der Waals surface area contributed by atoms with Crippen molar-refractivity contribution in [3.05, 3.63) is 41.7 Å². The molecule has 2 aliphatic heterocycles. The van der Waals surface area contributed by atoms with E-state index in [9.17, 15) is 9.59 Å². The van der Waals surface area contributed by atoms with Gasteiger partial charge < -0.3 is 20.0 Å². The molecular formula is C19H21ClN6O2. The fraction of sp³-hybridized carbons (Fsp3) is 0.368. The van der Waals surface area contributed by atoms with E-state index in [2.05, 4.69) is 15.3 Å². The SMILES string of the molecule is CN1CCN(c2cc(NC3CCN(c4ccc(Cl)cc4)C3=O)ncn2)CC1=O. The molecule has 146 valence electrons. The highest BCUT2D eigenvalue weighted by Gasteiger charge is 2.33. The van der Waals surface area contributed by atoms with Crippen molar-refractivity contribution in [3.8, 4) is 0 Å². The van der Waals surface area contributed by atoms with E-state index >= 15 is 0 Å². The van der Waals surface area contributed by atoms with Crippen molar-refractivity contribution < 1.29 is 9.59 Å². The number of rotatable bonds is 4. The van der Waals surface area contributed by atoms with Crippen LogP contribution >= 0.6 is 11.6 Å². The number of carbonyl (C=O) groups excluding carboxylic acids is 2. The second-order valence-corrected chi connectivity index (χ2v) is 7.39. The normalized spacial score (nSPS) is 20.1. The Kier molecular flexibility index (Phi) is 5.04. The molecule has 0 spiro atoms. The molecule has 2 fully saturated rings. The summed E-state index contributed by atoms with van der Waals surface area (Å²) in [5.41, 5.74) is 0.832. The summed E-state index contributed by atoms with van der Waals surface area (Å²) in [4.78, 5) is 38.6. The first-order chi connectivity index (χ1) is 13.5. The second-order valence-electron chi connectivity index (χ2n) is 6.95. The molecule has 3 heterocycles. The van der Waals surface area contributed by atoms with Gasteiger partial charge in [0.15, 0.2) is 0 Å². The largest absolute Gasteiger partial charge is 0.358 e. The van der Waals surface area contributed by atoms with Crippen molar-refractivity contribution in [1.29, 1.82) is 0 Å². The molecule has 2 saturated heterocycles. The zero-order valence-electron chi connectivity index (χ0n) is 15.5. The van der Waals surface area contributed by atoms with E-state index < -0.39 is 0 Å². The Morgan fingerprint density at radius 1 is 1.11 bits per heavy atom. The number of piperazine rings is 1. The van der Waals surface area contributed by atoms with Crippen LogP contribution in [0.4, 0.5) is 17.3 Å². The lowest BCUT2D eigenvalue weighted by Crippen LogP contribution is -2.48. The minimum atomic E-state index is -0.354. The molecule has 1 atom stereocenters. The Bertz CT molecular complexity index is 890. The summed E-state index contributed by atoms with van der Waals surface area (Å²) in [5.74, 6) is 1.31. The number of amides is 2. The van der Waals surface area contributed by atoms with Gasteiger partial charge in [-0.3, -0.25) is 9.59 Å². The summed E-state index contributed by atoms with van der Waals surface area (Å²) in [7, 11) is 1.80. The highest BCUT2D eigenvalue weighted by atomic mass is 35.5. The molecule has 9 heteroatoms. The van der Waals surface area contributed by atoms with Crippen LogP contribution in [0.25, 0.3) is 0 Å². The molecule has 28 heavy (non-hydrogen) atoms. The molecule has 8 nitrogen and oxygen atoms in total. The number of nitrogens with one attached hydrogen (secondary N) is 1. The smallest absolute Gasteiger partial charge is 0.249 e. The maximum absolute atomic E-state index is 12.8. The molecule has 1 aromatic carbocycles. The molecule has 4 rings (SSSR count). The maximum atomic E-state index is 12.8. The number of halogens is 1. The molecule has 2 amide bonds. The number of likely N-dealkylation sites (N-methyl/N-ethyl adjacent to an activating group) is 1. The summed E-state index contributed by atoms with van der Waals surface area (Å²) < 4.78 is 0. The average molecular weight is 401 g/mol. The van der Waals surface area contributed by atoms with Crippen molar-refractivity contribution in [2.45, 2.75) is 12.5 Å². The van der Waals surface area contributed by atoms with Crippen molar-refractivity contribution in [3.63, 3.8) is 0 Å². The number of aromatic nitrogens is 2. The Morgan fingerprint density at radius 3 is 2.64 bits per heavy atom. The lowest BCUT2D eigenvalue weighted by molar-refractivity contribution is -0.129. The van der Waals surface area contributed by atoms with Crippen LogP contribution in [-0.4, -0.2) is 66.0 Å². The number of anilines is 3. The molecule has 0 radical (unpaired) electrons. The lowest BCUT2D eigenvalue weighted by Gasteiger charge is -2.32. The van der Waals surface area contributed by atoms with Gasteiger partial charge in [-0.2, -0.15) is 0 Å². The van der Waals surface area contributed by atoms with Crippen LogP contribution in [0.15, 0.2) is 36.7 Å². The number of hydrogen-bond acceptors (Lipinski definition) is 6. The number of hydrogen-bond donors (Lipinski definition) is 1. The van der Waals surface area contributed by atoms with Gasteiger partial charge in [0.2, 0.25) is 11.8 Å². The third-order valence-corrected chi connectivity index (χ3v) is 5.35. The summed E-state index contributed by atoms with van der Waals surface area (Å²) in [5, 5.41) is 3.85. The van der Waals surface area contributed by atoms with Gasteiger partial charge in [-0.25, -0.2) is 9.97 Å². The van der Waals surface area contributed by atoms with E-state index in [1.165, 1.54) is 6.33 Å². The molecular weight excluding hydrogens is 380 g/mol. The van der Waals surface area contributed by atoms with Crippen LogP contribution in [0, 0.1) is 0 Å². The molecule has 1 N–H and O–H groups in total. The Balaban J connectivity index is 1.44. The minimum Gasteiger partial charge on any atom is -0.358 e. The van der Waals surface area contributed by atoms with Gasteiger partial charge in [0.25, 0.3) is 0 Å².